The summed E-state index contributed by atoms with van der Waals surface area (Å²) in [4.78, 5) is 16.0. The molecule has 1 rings (SSSR count). The summed E-state index contributed by atoms with van der Waals surface area (Å²) in [5.41, 5.74) is 6.53. The molecule has 0 amide bonds. The smallest absolute Gasteiger partial charge is 0.165 e. The lowest BCUT2D eigenvalue weighted by atomic mass is 9.95. The number of hydrogen-bond donors (Lipinski definition) is 1. The first-order chi connectivity index (χ1) is 12.7. The molecule has 144 valence electrons. The zero-order valence-corrected chi connectivity index (χ0v) is 17.4. The van der Waals surface area contributed by atoms with Crippen molar-refractivity contribution in [3.63, 3.8) is 0 Å². The van der Waals surface area contributed by atoms with Crippen molar-refractivity contribution in [2.45, 2.75) is 48.0 Å². The van der Waals surface area contributed by atoms with Gasteiger partial charge in [-0.05, 0) is 80.5 Å². The van der Waals surface area contributed by atoms with Crippen LogP contribution in [0.25, 0.3) is 5.57 Å². The lowest BCUT2D eigenvalue weighted by Gasteiger charge is -2.10. The highest BCUT2D eigenvalue weighted by Gasteiger charge is 2.08. The van der Waals surface area contributed by atoms with Crippen LogP contribution in [0.5, 0.6) is 0 Å². The maximum atomic E-state index is 11.8. The monoisotopic (exact) mass is 365 g/mol. The second kappa shape index (κ2) is 10.5. The Morgan fingerprint density at radius 1 is 1.15 bits per heavy atom. The van der Waals surface area contributed by atoms with Gasteiger partial charge in [-0.1, -0.05) is 37.8 Å². The molecule has 0 spiro atoms. The number of rotatable bonds is 8. The maximum absolute atomic E-state index is 11.8. The highest BCUT2D eigenvalue weighted by atomic mass is 16.3. The standard InChI is InChI=1S/C24H31NO2/c1-8-12-25-15-23(21(7)26)24(27)14-18(4)17(3)13-19(5)22-11-9-10-16(2)20(22)6/h9-11,13-15,27H,5,8,12H2,1-4,6-7H3/b17-13+,18-14+,24-23-,25-15?. The van der Waals surface area contributed by atoms with Gasteiger partial charge in [-0.3, -0.25) is 9.79 Å². The van der Waals surface area contributed by atoms with Gasteiger partial charge < -0.3 is 5.11 Å². The number of aliphatic imine (C=N–C) groups is 1. The Balaban J connectivity index is 3.17. The normalized spacial score (nSPS) is 13.7. The first-order valence-electron chi connectivity index (χ1n) is 9.25. The van der Waals surface area contributed by atoms with Gasteiger partial charge in [0.15, 0.2) is 5.78 Å². The van der Waals surface area contributed by atoms with E-state index in [4.69, 9.17) is 0 Å². The number of Topliss-reactive ketones (excluding diaryl/α,β-unsaturated/α-hetero) is 1. The fraction of sp³-hybridized carbons (Fsp3) is 0.333. The SMILES string of the molecule is C=C(/C=C(C)/C(C)=C/C(O)=C(\C=NCCC)C(C)=O)c1cccc(C)c1C. The summed E-state index contributed by atoms with van der Waals surface area (Å²) in [7, 11) is 0. The summed E-state index contributed by atoms with van der Waals surface area (Å²) in [6.45, 7) is 16.3. The minimum absolute atomic E-state index is 0.0649. The first-order valence-corrected chi connectivity index (χ1v) is 9.25. The fourth-order valence-electron chi connectivity index (χ4n) is 2.57. The predicted molar refractivity (Wildman–Crippen MR) is 116 cm³/mol. The Morgan fingerprint density at radius 3 is 2.37 bits per heavy atom. The Labute approximate surface area is 163 Å². The minimum atomic E-state index is -0.210. The van der Waals surface area contributed by atoms with E-state index in [1.54, 1.807) is 6.08 Å². The molecule has 0 fully saturated rings. The molecule has 0 saturated heterocycles. The van der Waals surface area contributed by atoms with E-state index in [1.807, 2.05) is 32.9 Å². The topological polar surface area (TPSA) is 49.7 Å². The number of ketones is 1. The Bertz CT molecular complexity index is 836. The van der Waals surface area contributed by atoms with Gasteiger partial charge in [0.05, 0.1) is 5.57 Å². The molecule has 0 aliphatic rings. The van der Waals surface area contributed by atoms with Gasteiger partial charge in [-0.2, -0.15) is 0 Å². The molecule has 0 unspecified atom stereocenters. The van der Waals surface area contributed by atoms with E-state index >= 15 is 0 Å². The number of aliphatic hydroxyl groups excluding tert-OH is 1. The van der Waals surface area contributed by atoms with Crippen molar-refractivity contribution in [3.05, 3.63) is 76.1 Å². The second-order valence-corrected chi connectivity index (χ2v) is 6.82. The molecule has 0 radical (unpaired) electrons. The molecule has 1 aromatic carbocycles. The highest BCUT2D eigenvalue weighted by Crippen LogP contribution is 2.24. The van der Waals surface area contributed by atoms with Gasteiger partial charge in [-0.25, -0.2) is 0 Å². The molecule has 3 nitrogen and oxygen atoms in total. The molecule has 1 aromatic rings. The van der Waals surface area contributed by atoms with Gasteiger partial charge in [0, 0.05) is 12.8 Å². The van der Waals surface area contributed by atoms with Crippen LogP contribution in [-0.4, -0.2) is 23.6 Å². The van der Waals surface area contributed by atoms with E-state index < -0.39 is 0 Å². The van der Waals surface area contributed by atoms with Gasteiger partial charge in [0.2, 0.25) is 0 Å². The van der Waals surface area contributed by atoms with E-state index in [9.17, 15) is 9.90 Å². The second-order valence-electron chi connectivity index (χ2n) is 6.82. The summed E-state index contributed by atoms with van der Waals surface area (Å²) >= 11 is 0. The number of carbonyl (C=O) groups excluding carboxylic acids is 1. The molecule has 0 heterocycles. The van der Waals surface area contributed by atoms with Gasteiger partial charge in [-0.15, -0.1) is 0 Å². The van der Waals surface area contributed by atoms with Crippen LogP contribution in [0.15, 0.2) is 64.4 Å². The maximum Gasteiger partial charge on any atom is 0.165 e. The zero-order chi connectivity index (χ0) is 20.6. The van der Waals surface area contributed by atoms with Crippen molar-refractivity contribution >= 4 is 17.6 Å². The molecule has 3 heteroatoms. The van der Waals surface area contributed by atoms with Crippen LogP contribution in [0, 0.1) is 13.8 Å². The predicted octanol–water partition coefficient (Wildman–Crippen LogP) is 6.09. The lowest BCUT2D eigenvalue weighted by Crippen LogP contribution is -2.03. The zero-order valence-electron chi connectivity index (χ0n) is 17.4. The van der Waals surface area contributed by atoms with Crippen LogP contribution in [0.2, 0.25) is 0 Å². The van der Waals surface area contributed by atoms with Crippen molar-refractivity contribution in [1.29, 1.82) is 0 Å². The Hall–Kier alpha value is -2.68. The third-order valence-corrected chi connectivity index (χ3v) is 4.54. The molecule has 1 N–H and O–H groups in total. The van der Waals surface area contributed by atoms with E-state index in [0.29, 0.717) is 6.54 Å². The highest BCUT2D eigenvalue weighted by molar-refractivity contribution is 6.12. The number of benzene rings is 1. The van der Waals surface area contributed by atoms with Crippen LogP contribution in [-0.2, 0) is 4.79 Å². The number of aryl methyl sites for hydroxylation is 1. The molecule has 0 bridgehead atoms. The van der Waals surface area contributed by atoms with Crippen LogP contribution < -0.4 is 0 Å². The number of nitrogens with zero attached hydrogens (tertiary/aromatic N) is 1. The summed E-state index contributed by atoms with van der Waals surface area (Å²) in [6, 6.07) is 6.17. The number of carbonyl (C=O) groups is 1. The van der Waals surface area contributed by atoms with E-state index in [0.717, 1.165) is 28.7 Å². The van der Waals surface area contributed by atoms with Gasteiger partial charge >= 0.3 is 0 Å². The van der Waals surface area contributed by atoms with E-state index in [1.165, 1.54) is 24.3 Å². The third kappa shape index (κ3) is 6.52. The fourth-order valence-corrected chi connectivity index (χ4v) is 2.57. The molecular weight excluding hydrogens is 334 g/mol. The Kier molecular flexibility index (Phi) is 8.67. The molecule has 0 saturated carbocycles. The molecule has 0 aliphatic heterocycles. The molecule has 0 aromatic heterocycles. The van der Waals surface area contributed by atoms with E-state index in [2.05, 4.69) is 37.6 Å². The van der Waals surface area contributed by atoms with Crippen molar-refractivity contribution in [2.24, 2.45) is 4.99 Å². The van der Waals surface area contributed by atoms with Crippen molar-refractivity contribution in [1.82, 2.24) is 0 Å². The Morgan fingerprint density at radius 2 is 1.78 bits per heavy atom. The number of allylic oxidation sites excluding steroid dienone is 6. The first kappa shape index (κ1) is 22.4. The number of hydrogen-bond acceptors (Lipinski definition) is 3. The summed E-state index contributed by atoms with van der Waals surface area (Å²) in [5, 5.41) is 10.4. The van der Waals surface area contributed by atoms with Gasteiger partial charge in [0.25, 0.3) is 0 Å². The van der Waals surface area contributed by atoms with Crippen molar-refractivity contribution in [3.8, 4) is 0 Å². The molecule has 27 heavy (non-hydrogen) atoms. The third-order valence-electron chi connectivity index (χ3n) is 4.54. The summed E-state index contributed by atoms with van der Waals surface area (Å²) < 4.78 is 0. The quantitative estimate of drug-likeness (QED) is 0.262. The summed E-state index contributed by atoms with van der Waals surface area (Å²) in [6.07, 6.45) is 5.95. The largest absolute Gasteiger partial charge is 0.507 e. The van der Waals surface area contributed by atoms with Crippen LogP contribution >= 0.6 is 0 Å². The van der Waals surface area contributed by atoms with Crippen molar-refractivity contribution < 1.29 is 9.90 Å². The molecular formula is C24H31NO2. The van der Waals surface area contributed by atoms with Crippen LogP contribution in [0.3, 0.4) is 0 Å². The molecule has 0 aliphatic carbocycles. The summed E-state index contributed by atoms with van der Waals surface area (Å²) in [5.74, 6) is -0.275. The van der Waals surface area contributed by atoms with Crippen LogP contribution in [0.1, 0.15) is 50.8 Å². The van der Waals surface area contributed by atoms with Crippen LogP contribution in [0.4, 0.5) is 0 Å². The van der Waals surface area contributed by atoms with E-state index in [-0.39, 0.29) is 17.1 Å². The average Bonchev–Trinajstić information content (AvgIpc) is 2.60. The average molecular weight is 366 g/mol. The van der Waals surface area contributed by atoms with Crippen molar-refractivity contribution in [2.75, 3.05) is 6.54 Å². The molecule has 0 atom stereocenters. The lowest BCUT2D eigenvalue weighted by molar-refractivity contribution is -0.113. The number of aliphatic hydroxyl groups is 1. The van der Waals surface area contributed by atoms with Gasteiger partial charge in [0.1, 0.15) is 5.76 Å². The minimum Gasteiger partial charge on any atom is -0.507 e.